The maximum Gasteiger partial charge on any atom is 3.00 e. The van der Waals surface area contributed by atoms with Gasteiger partial charge in [-0.25, -0.2) is 0 Å². The molecule has 0 aliphatic carbocycles. The standard InChI is InChI=1S/4CH2O3.Al.K/c4*2-1(3)4;;/h4*(H2,2,3,4);;/q;;;;+3;+1/p-4. The zero-order chi connectivity index (χ0) is 14.3. The van der Waals surface area contributed by atoms with Crippen LogP contribution in [0, 0.1) is 0 Å². The minimum Gasteiger partial charge on any atom is -0.565 e. The summed E-state index contributed by atoms with van der Waals surface area (Å²) < 4.78 is 0. The summed E-state index contributed by atoms with van der Waals surface area (Å²) in [5.41, 5.74) is 0. The Morgan fingerprint density at radius 3 is 0.556 bits per heavy atom. The molecule has 0 amide bonds. The molecule has 4 N–H and O–H groups in total. The fourth-order valence-corrected chi connectivity index (χ4v) is 0. The fourth-order valence-electron chi connectivity index (χ4n) is 0. The Bertz CT molecular complexity index is 164. The van der Waals surface area contributed by atoms with Crippen LogP contribution in [0.25, 0.3) is 0 Å². The first-order valence-electron chi connectivity index (χ1n) is 2.53. The van der Waals surface area contributed by atoms with Crippen molar-refractivity contribution in [2.45, 2.75) is 0 Å². The van der Waals surface area contributed by atoms with Crippen LogP contribution in [0.15, 0.2) is 0 Å². The molecule has 0 aliphatic rings. The predicted octanol–water partition coefficient (Wildman–Crippen LogP) is -7.83. The smallest absolute Gasteiger partial charge is 0.565 e. The molecule has 0 fully saturated rings. The van der Waals surface area contributed by atoms with Crippen LogP contribution in [-0.2, 0) is 0 Å². The molecule has 0 atom stereocenters. The van der Waals surface area contributed by atoms with Gasteiger partial charge in [0.2, 0.25) is 24.6 Å². The number of rotatable bonds is 0. The number of carbonyl (C=O) groups is 4. The first kappa shape index (κ1) is 36.0. The average molecular weight is 310 g/mol. The van der Waals surface area contributed by atoms with Crippen LogP contribution in [0.1, 0.15) is 0 Å². The molecule has 0 aromatic carbocycles. The van der Waals surface area contributed by atoms with E-state index in [-0.39, 0.29) is 68.7 Å². The quantitative estimate of drug-likeness (QED) is 0.305. The molecule has 0 unspecified atom stereocenters. The fraction of sp³-hybridized carbons (Fsp3) is 0. The zero-order valence-electron chi connectivity index (χ0n) is 8.63. The van der Waals surface area contributed by atoms with Crippen molar-refractivity contribution in [2.75, 3.05) is 0 Å². The van der Waals surface area contributed by atoms with E-state index in [0.717, 1.165) is 0 Å². The van der Waals surface area contributed by atoms with Crippen LogP contribution < -0.4 is 71.8 Å². The van der Waals surface area contributed by atoms with E-state index in [1.165, 1.54) is 0 Å². The van der Waals surface area contributed by atoms with Crippen LogP contribution in [0.4, 0.5) is 19.2 Å². The molecule has 14 heteroatoms. The van der Waals surface area contributed by atoms with Gasteiger partial charge in [0, 0.05) is 0 Å². The monoisotopic (exact) mass is 310 g/mol. The van der Waals surface area contributed by atoms with Gasteiger partial charge < -0.3 is 60.0 Å². The van der Waals surface area contributed by atoms with E-state index in [4.69, 9.17) is 60.0 Å². The molecular formula is C4H4AlKO12. The van der Waals surface area contributed by atoms with Gasteiger partial charge in [-0.1, -0.05) is 0 Å². The molecule has 0 aliphatic heterocycles. The Hall–Kier alpha value is -0.751. The minimum atomic E-state index is -2.08. The predicted molar refractivity (Wildman–Crippen MR) is 37.9 cm³/mol. The van der Waals surface area contributed by atoms with Crippen molar-refractivity contribution < 1.29 is 111 Å². The molecule has 0 radical (unpaired) electrons. The third-order valence-electron chi connectivity index (χ3n) is 0. The van der Waals surface area contributed by atoms with Gasteiger partial charge in [0.15, 0.2) is 0 Å². The molecular weight excluding hydrogens is 306 g/mol. The molecule has 0 heterocycles. The SMILES string of the molecule is O=C([O-])O.O=C([O-])O.O=C([O-])O.O=C([O-])O.[Al+3].[K+]. The zero-order valence-corrected chi connectivity index (χ0v) is 12.9. The number of carboxylic acid groups (broad SMARTS) is 8. The normalized spacial score (nSPS) is 5.33. The second-order valence-electron chi connectivity index (χ2n) is 1.06. The molecule has 0 aromatic rings. The van der Waals surface area contributed by atoms with E-state index in [1.807, 2.05) is 0 Å². The van der Waals surface area contributed by atoms with Crippen LogP contribution in [-0.4, -0.2) is 62.4 Å². The van der Waals surface area contributed by atoms with Gasteiger partial charge in [-0.05, 0) is 0 Å². The average Bonchev–Trinajstić information content (AvgIpc) is 1.76. The van der Waals surface area contributed by atoms with Crippen molar-refractivity contribution in [3.63, 3.8) is 0 Å². The van der Waals surface area contributed by atoms with E-state index < -0.39 is 24.6 Å². The van der Waals surface area contributed by atoms with Crippen LogP contribution in [0.3, 0.4) is 0 Å². The van der Waals surface area contributed by atoms with E-state index in [9.17, 15) is 0 Å². The maximum absolute atomic E-state index is 8.44. The number of hydrogen-bond donors (Lipinski definition) is 4. The molecule has 96 valence electrons. The Kier molecular flexibility index (Phi) is 59.7. The topological polar surface area (TPSA) is 241 Å². The molecule has 0 saturated carbocycles. The van der Waals surface area contributed by atoms with Gasteiger partial charge in [0.25, 0.3) is 0 Å². The molecule has 0 saturated heterocycles. The van der Waals surface area contributed by atoms with Gasteiger partial charge in [-0.2, -0.15) is 0 Å². The van der Waals surface area contributed by atoms with Gasteiger partial charge >= 0.3 is 68.7 Å². The molecule has 12 nitrogen and oxygen atoms in total. The van der Waals surface area contributed by atoms with Gasteiger partial charge in [0.05, 0.1) is 0 Å². The second kappa shape index (κ2) is 29.9. The Balaban J connectivity index is -0.0000000257. The van der Waals surface area contributed by atoms with Crippen LogP contribution >= 0.6 is 0 Å². The second-order valence-corrected chi connectivity index (χ2v) is 1.06. The van der Waals surface area contributed by atoms with Gasteiger partial charge in [-0.3, -0.25) is 0 Å². The van der Waals surface area contributed by atoms with Crippen LogP contribution in [0.5, 0.6) is 0 Å². The summed E-state index contributed by atoms with van der Waals surface area (Å²) in [7, 11) is 0. The molecule has 0 bridgehead atoms. The van der Waals surface area contributed by atoms with Crippen molar-refractivity contribution in [3.8, 4) is 0 Å². The van der Waals surface area contributed by atoms with E-state index in [1.54, 1.807) is 0 Å². The van der Waals surface area contributed by atoms with Crippen molar-refractivity contribution in [3.05, 3.63) is 0 Å². The first-order chi connectivity index (χ1) is 6.93. The van der Waals surface area contributed by atoms with Gasteiger partial charge in [-0.15, -0.1) is 0 Å². The summed E-state index contributed by atoms with van der Waals surface area (Å²) in [5, 5.41) is 61.2. The summed E-state index contributed by atoms with van der Waals surface area (Å²) in [6.07, 6.45) is -8.33. The van der Waals surface area contributed by atoms with E-state index in [0.29, 0.717) is 0 Å². The molecule has 0 spiro atoms. The Labute approximate surface area is 152 Å². The molecule has 0 rings (SSSR count). The summed E-state index contributed by atoms with van der Waals surface area (Å²) in [6.45, 7) is 0. The summed E-state index contributed by atoms with van der Waals surface area (Å²) in [5.74, 6) is 0. The van der Waals surface area contributed by atoms with Crippen molar-refractivity contribution >= 4 is 42.0 Å². The Morgan fingerprint density at radius 2 is 0.556 bits per heavy atom. The third kappa shape index (κ3) is 5490. The van der Waals surface area contributed by atoms with E-state index in [2.05, 4.69) is 0 Å². The number of hydrogen-bond acceptors (Lipinski definition) is 8. The van der Waals surface area contributed by atoms with Crippen molar-refractivity contribution in [1.29, 1.82) is 0 Å². The summed E-state index contributed by atoms with van der Waals surface area (Å²) in [4.78, 5) is 33.8. The summed E-state index contributed by atoms with van der Waals surface area (Å²) >= 11 is 0. The van der Waals surface area contributed by atoms with Crippen molar-refractivity contribution in [1.82, 2.24) is 0 Å². The van der Waals surface area contributed by atoms with Gasteiger partial charge in [0.1, 0.15) is 0 Å². The van der Waals surface area contributed by atoms with Crippen molar-refractivity contribution in [2.24, 2.45) is 0 Å². The third-order valence-corrected chi connectivity index (χ3v) is 0. The molecule has 0 aromatic heterocycles. The van der Waals surface area contributed by atoms with Crippen LogP contribution in [0.2, 0.25) is 0 Å². The largest absolute Gasteiger partial charge is 3.00 e. The minimum absolute atomic E-state index is 0. The first-order valence-corrected chi connectivity index (χ1v) is 2.53. The van der Waals surface area contributed by atoms with E-state index >= 15 is 0 Å². The summed E-state index contributed by atoms with van der Waals surface area (Å²) in [6, 6.07) is 0. The maximum atomic E-state index is 8.44. The molecule has 18 heavy (non-hydrogen) atoms. The Morgan fingerprint density at radius 1 is 0.556 bits per heavy atom.